The second kappa shape index (κ2) is 7.63. The quantitative estimate of drug-likeness (QED) is 0.457. The first-order valence-electron chi connectivity index (χ1n) is 7.61. The van der Waals surface area contributed by atoms with Crippen molar-refractivity contribution in [1.29, 1.82) is 5.41 Å². The molecule has 1 unspecified atom stereocenters. The Morgan fingerprint density at radius 1 is 1.13 bits per heavy atom. The van der Waals surface area contributed by atoms with E-state index >= 15 is 0 Å². The first-order valence-corrected chi connectivity index (χ1v) is 7.61. The Labute approximate surface area is 138 Å². The molecular formula is C20H23NO2. The lowest BCUT2D eigenvalue weighted by molar-refractivity contribution is 0.306. The van der Waals surface area contributed by atoms with Crippen molar-refractivity contribution in [2.24, 2.45) is 0 Å². The van der Waals surface area contributed by atoms with Crippen molar-refractivity contribution in [2.45, 2.75) is 25.4 Å². The van der Waals surface area contributed by atoms with Gasteiger partial charge in [0.05, 0.1) is 12.5 Å². The molecule has 0 aliphatic heterocycles. The highest BCUT2D eigenvalue weighted by Crippen LogP contribution is 2.31. The first kappa shape index (κ1) is 16.8. The number of allylic oxidation sites excluding steroid dienone is 1. The molecule has 0 bridgehead atoms. The van der Waals surface area contributed by atoms with Gasteiger partial charge in [-0.05, 0) is 36.6 Å². The summed E-state index contributed by atoms with van der Waals surface area (Å²) in [6.45, 7) is 6.32. The molecule has 0 saturated carbocycles. The molecule has 0 heterocycles. The summed E-state index contributed by atoms with van der Waals surface area (Å²) in [6, 6.07) is 17.9. The van der Waals surface area contributed by atoms with E-state index in [1.165, 1.54) is 7.11 Å². The summed E-state index contributed by atoms with van der Waals surface area (Å²) in [5.74, 6) is 1.04. The van der Waals surface area contributed by atoms with Gasteiger partial charge in [-0.3, -0.25) is 5.41 Å². The normalized spacial score (nSPS) is 13.0. The largest absolute Gasteiger partial charge is 0.489 e. The third kappa shape index (κ3) is 4.01. The van der Waals surface area contributed by atoms with Gasteiger partial charge in [0.1, 0.15) is 12.4 Å². The van der Waals surface area contributed by atoms with Crippen LogP contribution in [0.5, 0.6) is 5.75 Å². The second-order valence-electron chi connectivity index (χ2n) is 5.66. The van der Waals surface area contributed by atoms with Crippen LogP contribution in [0.15, 0.2) is 67.3 Å². The van der Waals surface area contributed by atoms with Gasteiger partial charge in [0.2, 0.25) is 0 Å². The Balaban J connectivity index is 2.11. The lowest BCUT2D eigenvalue weighted by atomic mass is 9.79. The number of methoxy groups -OCH3 is 1. The number of nitrogens with one attached hydrogen (secondary N) is 1. The maximum atomic E-state index is 8.08. The summed E-state index contributed by atoms with van der Waals surface area (Å²) in [7, 11) is 1.53. The minimum Gasteiger partial charge on any atom is -0.489 e. The first-order chi connectivity index (χ1) is 11.1. The Morgan fingerprint density at radius 3 is 2.35 bits per heavy atom. The summed E-state index contributed by atoms with van der Waals surface area (Å²) in [4.78, 5) is 0. The van der Waals surface area contributed by atoms with Crippen molar-refractivity contribution in [2.75, 3.05) is 7.11 Å². The topological polar surface area (TPSA) is 42.3 Å². The molecule has 0 aromatic heterocycles. The zero-order valence-electron chi connectivity index (χ0n) is 13.7. The second-order valence-corrected chi connectivity index (χ2v) is 5.66. The lowest BCUT2D eigenvalue weighted by Gasteiger charge is -2.28. The van der Waals surface area contributed by atoms with E-state index < -0.39 is 5.41 Å². The Bertz CT molecular complexity index is 649. The number of ether oxygens (including phenoxy) is 2. The third-order valence-corrected chi connectivity index (χ3v) is 4.00. The minimum absolute atomic E-state index is 0.232. The number of hydrogen-bond donors (Lipinski definition) is 1. The molecule has 3 heteroatoms. The van der Waals surface area contributed by atoms with Crippen molar-refractivity contribution in [3.8, 4) is 5.75 Å². The molecule has 3 nitrogen and oxygen atoms in total. The predicted octanol–water partition coefficient (Wildman–Crippen LogP) is 4.72. The van der Waals surface area contributed by atoms with Crippen molar-refractivity contribution < 1.29 is 9.47 Å². The highest BCUT2D eigenvalue weighted by Gasteiger charge is 2.31. The maximum Gasteiger partial charge on any atom is 0.191 e. The summed E-state index contributed by atoms with van der Waals surface area (Å²) in [5.41, 5.74) is 1.64. The fourth-order valence-electron chi connectivity index (χ4n) is 2.52. The average Bonchev–Trinajstić information content (AvgIpc) is 2.60. The van der Waals surface area contributed by atoms with E-state index in [0.29, 0.717) is 13.0 Å². The summed E-state index contributed by atoms with van der Waals surface area (Å²) >= 11 is 0. The summed E-state index contributed by atoms with van der Waals surface area (Å²) in [5, 5.41) is 8.08. The van der Waals surface area contributed by atoms with Crippen molar-refractivity contribution in [1.82, 2.24) is 0 Å². The monoisotopic (exact) mass is 309 g/mol. The molecule has 0 radical (unpaired) electrons. The van der Waals surface area contributed by atoms with Crippen molar-refractivity contribution >= 4 is 5.90 Å². The van der Waals surface area contributed by atoms with Crippen LogP contribution in [0.4, 0.5) is 0 Å². The molecule has 0 saturated heterocycles. The van der Waals surface area contributed by atoms with Crippen LogP contribution >= 0.6 is 0 Å². The number of hydrogen-bond acceptors (Lipinski definition) is 3. The van der Waals surface area contributed by atoms with Gasteiger partial charge in [-0.1, -0.05) is 48.5 Å². The molecule has 0 aliphatic rings. The summed E-state index contributed by atoms with van der Waals surface area (Å²) < 4.78 is 11.0. The molecular weight excluding hydrogens is 286 g/mol. The lowest BCUT2D eigenvalue weighted by Crippen LogP contribution is -2.32. The van der Waals surface area contributed by atoms with Crippen molar-refractivity contribution in [3.63, 3.8) is 0 Å². The van der Waals surface area contributed by atoms with E-state index in [1.807, 2.05) is 67.6 Å². The highest BCUT2D eigenvalue weighted by atomic mass is 16.5. The van der Waals surface area contributed by atoms with Gasteiger partial charge in [-0.2, -0.15) is 0 Å². The van der Waals surface area contributed by atoms with Gasteiger partial charge >= 0.3 is 0 Å². The molecule has 0 fully saturated rings. The Morgan fingerprint density at radius 2 is 1.78 bits per heavy atom. The Hall–Kier alpha value is -2.55. The fourth-order valence-corrected chi connectivity index (χ4v) is 2.52. The highest BCUT2D eigenvalue weighted by molar-refractivity contribution is 5.85. The van der Waals surface area contributed by atoms with Crippen LogP contribution in [-0.4, -0.2) is 13.0 Å². The predicted molar refractivity (Wildman–Crippen MR) is 94.1 cm³/mol. The van der Waals surface area contributed by atoms with Gasteiger partial charge < -0.3 is 9.47 Å². The molecule has 0 amide bonds. The molecule has 2 aromatic rings. The standard InChI is InChI=1S/C20H23NO2/c1-4-14-20(2,19(21)22-3)17-10-12-18(13-11-17)23-15-16-8-6-5-7-9-16/h4-13,21H,1,14-15H2,2-3H3. The van der Waals surface area contributed by atoms with Crippen LogP contribution in [0.25, 0.3) is 0 Å². The average molecular weight is 309 g/mol. The van der Waals surface area contributed by atoms with Gasteiger partial charge in [0.15, 0.2) is 5.90 Å². The van der Waals surface area contributed by atoms with Crippen LogP contribution in [0.1, 0.15) is 24.5 Å². The van der Waals surface area contributed by atoms with Crippen LogP contribution in [0.3, 0.4) is 0 Å². The molecule has 2 aromatic carbocycles. The van der Waals surface area contributed by atoms with Gasteiger partial charge in [0, 0.05) is 0 Å². The summed E-state index contributed by atoms with van der Waals surface area (Å²) in [6.07, 6.45) is 2.46. The smallest absolute Gasteiger partial charge is 0.191 e. The molecule has 120 valence electrons. The van der Waals surface area contributed by atoms with E-state index in [-0.39, 0.29) is 5.90 Å². The molecule has 1 atom stereocenters. The van der Waals surface area contributed by atoms with E-state index in [9.17, 15) is 0 Å². The fraction of sp³-hybridized carbons (Fsp3) is 0.250. The van der Waals surface area contributed by atoms with Crippen LogP contribution in [0.2, 0.25) is 0 Å². The number of benzene rings is 2. The Kier molecular flexibility index (Phi) is 5.58. The van der Waals surface area contributed by atoms with E-state index in [0.717, 1.165) is 16.9 Å². The zero-order valence-corrected chi connectivity index (χ0v) is 13.7. The van der Waals surface area contributed by atoms with Gasteiger partial charge in [-0.25, -0.2) is 0 Å². The molecule has 0 spiro atoms. The maximum absolute atomic E-state index is 8.08. The molecule has 0 aliphatic carbocycles. The minimum atomic E-state index is -0.505. The molecule has 2 rings (SSSR count). The van der Waals surface area contributed by atoms with Crippen molar-refractivity contribution in [3.05, 3.63) is 78.4 Å². The zero-order chi connectivity index (χ0) is 16.7. The van der Waals surface area contributed by atoms with E-state index in [1.54, 1.807) is 0 Å². The van der Waals surface area contributed by atoms with Gasteiger partial charge in [-0.15, -0.1) is 6.58 Å². The SMILES string of the molecule is C=CCC(C)(C(=N)OC)c1ccc(OCc2ccccc2)cc1. The number of rotatable bonds is 7. The van der Waals surface area contributed by atoms with E-state index in [2.05, 4.69) is 6.58 Å². The van der Waals surface area contributed by atoms with Crippen LogP contribution < -0.4 is 4.74 Å². The van der Waals surface area contributed by atoms with Crippen LogP contribution in [-0.2, 0) is 16.8 Å². The van der Waals surface area contributed by atoms with E-state index in [4.69, 9.17) is 14.9 Å². The van der Waals surface area contributed by atoms with Gasteiger partial charge in [0.25, 0.3) is 0 Å². The van der Waals surface area contributed by atoms with Crippen LogP contribution in [0, 0.1) is 5.41 Å². The molecule has 1 N–H and O–H groups in total. The third-order valence-electron chi connectivity index (χ3n) is 4.00. The molecule has 23 heavy (non-hydrogen) atoms.